The van der Waals surface area contributed by atoms with Crippen molar-refractivity contribution in [3.63, 3.8) is 0 Å². The molecule has 0 aliphatic rings. The van der Waals surface area contributed by atoms with Crippen molar-refractivity contribution < 1.29 is 0 Å². The Morgan fingerprint density at radius 2 is 2.50 bits per heavy atom. The molecule has 0 atom stereocenters. The summed E-state index contributed by atoms with van der Waals surface area (Å²) in [5, 5.41) is 2.94. The Balaban J connectivity index is 2.89. The maximum Gasteiger partial charge on any atom is 0.0262 e. The molecule has 0 aromatic heterocycles. The van der Waals surface area contributed by atoms with Gasteiger partial charge >= 0.3 is 0 Å². The van der Waals surface area contributed by atoms with Gasteiger partial charge in [0, 0.05) is 13.0 Å². The van der Waals surface area contributed by atoms with E-state index in [4.69, 9.17) is 0 Å². The second-order valence-electron chi connectivity index (χ2n) is 1.34. The molecule has 0 saturated heterocycles. The van der Waals surface area contributed by atoms with Crippen LogP contribution in [0.5, 0.6) is 0 Å². The third-order valence-electron chi connectivity index (χ3n) is 0.715. The predicted molar refractivity (Wildman–Crippen MR) is 36.3 cm³/mol. The molecule has 0 fully saturated rings. The van der Waals surface area contributed by atoms with Crippen LogP contribution < -0.4 is 5.32 Å². The highest BCUT2D eigenvalue weighted by molar-refractivity contribution is 4.95. The van der Waals surface area contributed by atoms with Gasteiger partial charge in [-0.25, -0.2) is 0 Å². The molecule has 0 spiro atoms. The molecule has 0 radical (unpaired) electrons. The minimum Gasteiger partial charge on any atom is -0.390 e. The average Bonchev–Trinajstić information content (AvgIpc) is 1.81. The Morgan fingerprint density at radius 1 is 1.75 bits per heavy atom. The summed E-state index contributed by atoms with van der Waals surface area (Å²) in [6.07, 6.45) is 2.58. The Kier molecular flexibility index (Phi) is 5.41. The topological polar surface area (TPSA) is 12.0 Å². The van der Waals surface area contributed by atoms with Crippen molar-refractivity contribution in [2.75, 3.05) is 6.54 Å². The lowest BCUT2D eigenvalue weighted by atomic mass is 10.4. The van der Waals surface area contributed by atoms with Crippen LogP contribution in [-0.2, 0) is 0 Å². The first-order valence-electron chi connectivity index (χ1n) is 2.65. The van der Waals surface area contributed by atoms with E-state index in [9.17, 15) is 0 Å². The van der Waals surface area contributed by atoms with E-state index in [2.05, 4.69) is 23.7 Å². The normalized spacial score (nSPS) is 6.62. The van der Waals surface area contributed by atoms with Crippen molar-refractivity contribution in [1.29, 1.82) is 0 Å². The van der Waals surface area contributed by atoms with Gasteiger partial charge in [-0.2, -0.15) is 0 Å². The van der Waals surface area contributed by atoms with Crippen LogP contribution in [0.1, 0.15) is 13.3 Å². The molecule has 0 unspecified atom stereocenters. The summed E-state index contributed by atoms with van der Waals surface area (Å²) in [6.45, 7) is 6.25. The first-order chi connectivity index (χ1) is 3.91. The van der Waals surface area contributed by atoms with E-state index in [0.29, 0.717) is 0 Å². The molecule has 44 valence electrons. The van der Waals surface area contributed by atoms with Crippen LogP contribution in [-0.4, -0.2) is 6.54 Å². The molecular weight excluding hydrogens is 98.1 g/mol. The zero-order valence-electron chi connectivity index (χ0n) is 5.20. The molecule has 1 nitrogen and oxygen atoms in total. The summed E-state index contributed by atoms with van der Waals surface area (Å²) in [4.78, 5) is 0. The van der Waals surface area contributed by atoms with Crippen molar-refractivity contribution >= 4 is 0 Å². The van der Waals surface area contributed by atoms with E-state index < -0.39 is 0 Å². The summed E-state index contributed by atoms with van der Waals surface area (Å²) in [5.74, 6) is 5.73. The Morgan fingerprint density at radius 3 is 3.00 bits per heavy atom. The van der Waals surface area contributed by atoms with Crippen molar-refractivity contribution in [1.82, 2.24) is 5.32 Å². The molecule has 0 aliphatic carbocycles. The first kappa shape index (κ1) is 7.10. The first-order valence-corrected chi connectivity index (χ1v) is 2.65. The standard InChI is InChI=1S/C7H11N/c1-3-5-6-7-8-4-2/h4,8H,2,6-7H2,1H3. The lowest BCUT2D eigenvalue weighted by Gasteiger charge is -1.89. The number of rotatable bonds is 3. The van der Waals surface area contributed by atoms with Crippen LogP contribution in [0.2, 0.25) is 0 Å². The second-order valence-corrected chi connectivity index (χ2v) is 1.34. The SMILES string of the molecule is C=CNCCC#CC. The van der Waals surface area contributed by atoms with Gasteiger partial charge in [-0.05, 0) is 13.1 Å². The fourth-order valence-electron chi connectivity index (χ4n) is 0.362. The number of hydrogen-bond acceptors (Lipinski definition) is 1. The van der Waals surface area contributed by atoms with Crippen molar-refractivity contribution in [3.05, 3.63) is 12.8 Å². The molecule has 0 saturated carbocycles. The third-order valence-corrected chi connectivity index (χ3v) is 0.715. The predicted octanol–water partition coefficient (Wildman–Crippen LogP) is 1.13. The third kappa shape index (κ3) is 5.10. The highest BCUT2D eigenvalue weighted by Crippen LogP contribution is 1.69. The molecule has 0 amide bonds. The zero-order valence-corrected chi connectivity index (χ0v) is 5.20. The largest absolute Gasteiger partial charge is 0.390 e. The van der Waals surface area contributed by atoms with Gasteiger partial charge < -0.3 is 5.32 Å². The molecule has 8 heavy (non-hydrogen) atoms. The van der Waals surface area contributed by atoms with Crippen LogP contribution >= 0.6 is 0 Å². The Hall–Kier alpha value is -0.900. The van der Waals surface area contributed by atoms with Crippen molar-refractivity contribution in [3.8, 4) is 11.8 Å². The molecule has 0 aromatic carbocycles. The monoisotopic (exact) mass is 109 g/mol. The zero-order chi connectivity index (χ0) is 6.24. The van der Waals surface area contributed by atoms with E-state index in [-0.39, 0.29) is 0 Å². The highest BCUT2D eigenvalue weighted by atomic mass is 14.8. The molecule has 0 rings (SSSR count). The smallest absolute Gasteiger partial charge is 0.0262 e. The Labute approximate surface area is 50.8 Å². The van der Waals surface area contributed by atoms with E-state index in [1.807, 2.05) is 6.92 Å². The molecule has 0 bridgehead atoms. The quantitative estimate of drug-likeness (QED) is 0.423. The summed E-state index contributed by atoms with van der Waals surface area (Å²) < 4.78 is 0. The van der Waals surface area contributed by atoms with Gasteiger partial charge in [0.05, 0.1) is 0 Å². The van der Waals surface area contributed by atoms with Gasteiger partial charge in [0.15, 0.2) is 0 Å². The average molecular weight is 109 g/mol. The molecule has 1 heteroatoms. The van der Waals surface area contributed by atoms with Crippen LogP contribution in [0.4, 0.5) is 0 Å². The summed E-state index contributed by atoms with van der Waals surface area (Å²) in [7, 11) is 0. The Bertz CT molecular complexity index is 105. The minimum absolute atomic E-state index is 0.905. The summed E-state index contributed by atoms with van der Waals surface area (Å²) in [5.41, 5.74) is 0. The van der Waals surface area contributed by atoms with Gasteiger partial charge in [-0.3, -0.25) is 0 Å². The maximum absolute atomic E-state index is 3.50. The molecule has 0 aliphatic heterocycles. The van der Waals surface area contributed by atoms with E-state index >= 15 is 0 Å². The lowest BCUT2D eigenvalue weighted by molar-refractivity contribution is 0.867. The minimum atomic E-state index is 0.905. The summed E-state index contributed by atoms with van der Waals surface area (Å²) >= 11 is 0. The van der Waals surface area contributed by atoms with Crippen LogP contribution in [0, 0.1) is 11.8 Å². The number of hydrogen-bond donors (Lipinski definition) is 1. The fourth-order valence-corrected chi connectivity index (χ4v) is 0.362. The highest BCUT2D eigenvalue weighted by Gasteiger charge is 1.71. The van der Waals surface area contributed by atoms with Gasteiger partial charge in [0.25, 0.3) is 0 Å². The van der Waals surface area contributed by atoms with Gasteiger partial charge in [-0.1, -0.05) is 6.58 Å². The van der Waals surface area contributed by atoms with Crippen LogP contribution in [0.3, 0.4) is 0 Å². The molecular formula is C7H11N. The molecule has 1 N–H and O–H groups in total. The van der Waals surface area contributed by atoms with Gasteiger partial charge in [0.2, 0.25) is 0 Å². The summed E-state index contributed by atoms with van der Waals surface area (Å²) in [6, 6.07) is 0. The maximum atomic E-state index is 3.50. The van der Waals surface area contributed by atoms with Crippen LogP contribution in [0.15, 0.2) is 12.8 Å². The van der Waals surface area contributed by atoms with E-state index in [1.165, 1.54) is 0 Å². The van der Waals surface area contributed by atoms with Gasteiger partial charge in [-0.15, -0.1) is 11.8 Å². The van der Waals surface area contributed by atoms with Crippen LogP contribution in [0.25, 0.3) is 0 Å². The van der Waals surface area contributed by atoms with E-state index in [0.717, 1.165) is 13.0 Å². The molecule has 0 aromatic rings. The second kappa shape index (κ2) is 6.10. The van der Waals surface area contributed by atoms with Crippen molar-refractivity contribution in [2.45, 2.75) is 13.3 Å². The molecule has 0 heterocycles. The van der Waals surface area contributed by atoms with Crippen molar-refractivity contribution in [2.24, 2.45) is 0 Å². The number of nitrogens with one attached hydrogen (secondary N) is 1. The fraction of sp³-hybridized carbons (Fsp3) is 0.429. The van der Waals surface area contributed by atoms with Gasteiger partial charge in [0.1, 0.15) is 0 Å². The van der Waals surface area contributed by atoms with E-state index in [1.54, 1.807) is 6.20 Å². The lowest BCUT2D eigenvalue weighted by Crippen LogP contribution is -2.04.